The second kappa shape index (κ2) is 12.1. The number of thioether (sulfide) groups is 1. The molecule has 0 aliphatic carbocycles. The van der Waals surface area contributed by atoms with Crippen LogP contribution < -0.4 is 0 Å². The minimum Gasteiger partial charge on any atom is -0.282 e. The second-order valence-corrected chi connectivity index (χ2v) is 7.11. The van der Waals surface area contributed by atoms with Crippen molar-refractivity contribution in [2.75, 3.05) is 12.3 Å². The third kappa shape index (κ3) is 7.89. The molecule has 1 aliphatic heterocycles. The van der Waals surface area contributed by atoms with Crippen molar-refractivity contribution in [2.45, 2.75) is 78.4 Å². The number of rotatable bonds is 9. The predicted octanol–water partition coefficient (Wildman–Crippen LogP) is 4.50. The van der Waals surface area contributed by atoms with Crippen LogP contribution in [0, 0.1) is 5.92 Å². The largest absolute Gasteiger partial charge is 0.282 e. The highest BCUT2D eigenvalue weighted by Crippen LogP contribution is 2.25. The van der Waals surface area contributed by atoms with Crippen molar-refractivity contribution in [3.63, 3.8) is 0 Å². The van der Waals surface area contributed by atoms with Crippen LogP contribution in [0.1, 0.15) is 73.1 Å². The number of nitrogens with zero attached hydrogens (tertiary/aromatic N) is 1. The van der Waals surface area contributed by atoms with Crippen LogP contribution in [0.4, 0.5) is 0 Å². The highest BCUT2D eigenvalue weighted by atomic mass is 32.2. The van der Waals surface area contributed by atoms with Crippen LogP contribution in [0.5, 0.6) is 0 Å². The molecule has 1 fully saturated rings. The van der Waals surface area contributed by atoms with Gasteiger partial charge in [-0.25, -0.2) is 0 Å². The minimum atomic E-state index is -0.113. The van der Waals surface area contributed by atoms with E-state index in [0.29, 0.717) is 13.0 Å². The van der Waals surface area contributed by atoms with Crippen LogP contribution >= 0.6 is 11.8 Å². The monoisotopic (exact) mass is 315 g/mol. The molecule has 124 valence electrons. The maximum Gasteiger partial charge on any atom is 0.242 e. The maximum absolute atomic E-state index is 12.0. The van der Waals surface area contributed by atoms with E-state index in [0.717, 1.165) is 24.5 Å². The van der Waals surface area contributed by atoms with Gasteiger partial charge in [-0.2, -0.15) is 0 Å². The number of likely N-dealkylation sites (tertiary alicyclic amines) is 1. The van der Waals surface area contributed by atoms with Gasteiger partial charge in [-0.1, -0.05) is 60.3 Å². The van der Waals surface area contributed by atoms with Crippen LogP contribution in [0.15, 0.2) is 0 Å². The molecule has 0 aromatic heterocycles. The Bertz CT molecular complexity index is 305. The molecule has 3 nitrogen and oxygen atoms in total. The molecule has 0 aromatic carbocycles. The van der Waals surface area contributed by atoms with Crippen molar-refractivity contribution in [1.29, 1.82) is 0 Å². The fourth-order valence-electron chi connectivity index (χ4n) is 2.40. The van der Waals surface area contributed by atoms with Crippen LogP contribution in [-0.2, 0) is 9.59 Å². The Hall–Kier alpha value is -0.510. The molecule has 0 N–H and O–H groups in total. The number of unbranched alkanes of at least 4 members (excludes halogenated alkanes) is 3. The topological polar surface area (TPSA) is 37.4 Å². The molecule has 0 aromatic rings. The third-order valence-electron chi connectivity index (χ3n) is 3.48. The molecule has 2 amide bonds. The van der Waals surface area contributed by atoms with Crippen molar-refractivity contribution in [3.8, 4) is 0 Å². The highest BCUT2D eigenvalue weighted by molar-refractivity contribution is 8.00. The smallest absolute Gasteiger partial charge is 0.242 e. The second-order valence-electron chi connectivity index (χ2n) is 5.63. The van der Waals surface area contributed by atoms with Gasteiger partial charge < -0.3 is 0 Å². The van der Waals surface area contributed by atoms with Gasteiger partial charge in [-0.3, -0.25) is 14.5 Å². The molecule has 1 saturated heterocycles. The maximum atomic E-state index is 12.0. The van der Waals surface area contributed by atoms with E-state index in [1.807, 2.05) is 20.8 Å². The molecule has 21 heavy (non-hydrogen) atoms. The molecule has 1 unspecified atom stereocenters. The summed E-state index contributed by atoms with van der Waals surface area (Å²) in [5.74, 6) is 1.73. The first-order valence-electron chi connectivity index (χ1n) is 8.52. The summed E-state index contributed by atoms with van der Waals surface area (Å²) >= 11 is 1.59. The molecule has 0 radical (unpaired) electrons. The van der Waals surface area contributed by atoms with Gasteiger partial charge in [0.05, 0.1) is 5.25 Å². The zero-order valence-corrected chi connectivity index (χ0v) is 15.3. The molecule has 0 bridgehead atoms. The van der Waals surface area contributed by atoms with Crippen molar-refractivity contribution >= 4 is 23.6 Å². The van der Waals surface area contributed by atoms with Gasteiger partial charge in [0.1, 0.15) is 0 Å². The molecule has 1 aliphatic rings. The van der Waals surface area contributed by atoms with Crippen molar-refractivity contribution in [2.24, 2.45) is 5.92 Å². The Labute approximate surface area is 135 Å². The molecular formula is C17H33NO2S. The lowest BCUT2D eigenvalue weighted by Gasteiger charge is -2.14. The number of hydrogen-bond acceptors (Lipinski definition) is 3. The van der Waals surface area contributed by atoms with E-state index < -0.39 is 0 Å². The lowest BCUT2D eigenvalue weighted by atomic mass is 10.0. The fraction of sp³-hybridized carbons (Fsp3) is 0.882. The molecule has 1 heterocycles. The average Bonchev–Trinajstić information content (AvgIpc) is 2.72. The van der Waals surface area contributed by atoms with Gasteiger partial charge in [0.2, 0.25) is 11.8 Å². The van der Waals surface area contributed by atoms with Gasteiger partial charge in [0, 0.05) is 13.0 Å². The number of carbonyl (C=O) groups excluding carboxylic acids is 2. The third-order valence-corrected chi connectivity index (χ3v) is 4.59. The Balaban J connectivity index is 0.00000191. The van der Waals surface area contributed by atoms with Crippen molar-refractivity contribution < 1.29 is 9.59 Å². The predicted molar refractivity (Wildman–Crippen MR) is 92.5 cm³/mol. The highest BCUT2D eigenvalue weighted by Gasteiger charge is 2.37. The zero-order valence-electron chi connectivity index (χ0n) is 14.5. The normalized spacial score (nSPS) is 18.2. The minimum absolute atomic E-state index is 0.0260. The van der Waals surface area contributed by atoms with Crippen molar-refractivity contribution in [3.05, 3.63) is 0 Å². The zero-order chi connectivity index (χ0) is 16.3. The number of amides is 2. The summed E-state index contributed by atoms with van der Waals surface area (Å²) in [4.78, 5) is 25.3. The van der Waals surface area contributed by atoms with Gasteiger partial charge >= 0.3 is 0 Å². The standard InChI is InChI=1S/C15H27NO2S.C2H6/c1-4-19-13-11-14(17)16(15(13)18)10-8-6-5-7-9-12(2)3;1-2/h12-13H,4-11H2,1-3H3;1-2H3. The van der Waals surface area contributed by atoms with Crippen molar-refractivity contribution in [1.82, 2.24) is 4.90 Å². The van der Waals surface area contributed by atoms with E-state index in [1.165, 1.54) is 24.2 Å². The molecule has 0 saturated carbocycles. The van der Waals surface area contributed by atoms with Crippen LogP contribution in [0.3, 0.4) is 0 Å². The summed E-state index contributed by atoms with van der Waals surface area (Å²) in [6.07, 6.45) is 6.23. The van der Waals surface area contributed by atoms with E-state index in [9.17, 15) is 9.59 Å². The molecule has 0 spiro atoms. The van der Waals surface area contributed by atoms with E-state index in [2.05, 4.69) is 13.8 Å². The molecule has 1 rings (SSSR count). The van der Waals surface area contributed by atoms with Gasteiger partial charge in [-0.15, -0.1) is 11.8 Å². The van der Waals surface area contributed by atoms with Crippen LogP contribution in [0.2, 0.25) is 0 Å². The molecule has 4 heteroatoms. The Morgan fingerprint density at radius 1 is 1.14 bits per heavy atom. The first-order valence-corrected chi connectivity index (χ1v) is 9.57. The first-order chi connectivity index (χ1) is 10.1. The summed E-state index contributed by atoms with van der Waals surface area (Å²) in [5, 5.41) is -0.113. The van der Waals surface area contributed by atoms with E-state index in [4.69, 9.17) is 0 Å². The first kappa shape index (κ1) is 20.5. The summed E-state index contributed by atoms with van der Waals surface area (Å²) in [5.41, 5.74) is 0. The van der Waals surface area contributed by atoms with Gasteiger partial charge in [-0.05, 0) is 18.1 Å². The average molecular weight is 316 g/mol. The molecule has 1 atom stereocenters. The summed E-state index contributed by atoms with van der Waals surface area (Å²) in [6.45, 7) is 11.1. The van der Waals surface area contributed by atoms with Gasteiger partial charge in [0.15, 0.2) is 0 Å². The Kier molecular flexibility index (Phi) is 11.8. The van der Waals surface area contributed by atoms with Gasteiger partial charge in [0.25, 0.3) is 0 Å². The lowest BCUT2D eigenvalue weighted by molar-refractivity contribution is -0.138. The summed E-state index contributed by atoms with van der Waals surface area (Å²) in [7, 11) is 0. The summed E-state index contributed by atoms with van der Waals surface area (Å²) in [6, 6.07) is 0. The SMILES string of the molecule is CC.CCSC1CC(=O)N(CCCCCCC(C)C)C1=O. The van der Waals surface area contributed by atoms with E-state index in [-0.39, 0.29) is 17.1 Å². The number of hydrogen-bond donors (Lipinski definition) is 0. The summed E-state index contributed by atoms with van der Waals surface area (Å²) < 4.78 is 0. The molecular weight excluding hydrogens is 282 g/mol. The Morgan fingerprint density at radius 3 is 2.33 bits per heavy atom. The van der Waals surface area contributed by atoms with Crippen LogP contribution in [0.25, 0.3) is 0 Å². The van der Waals surface area contributed by atoms with E-state index in [1.54, 1.807) is 11.8 Å². The number of imide groups is 1. The quantitative estimate of drug-likeness (QED) is 0.464. The van der Waals surface area contributed by atoms with Crippen LogP contribution in [-0.4, -0.2) is 34.3 Å². The lowest BCUT2D eigenvalue weighted by Crippen LogP contribution is -2.32. The van der Waals surface area contributed by atoms with E-state index >= 15 is 0 Å². The number of carbonyl (C=O) groups is 2. The Morgan fingerprint density at radius 2 is 1.76 bits per heavy atom. The fourth-order valence-corrected chi connectivity index (χ4v) is 3.33.